The predicted octanol–water partition coefficient (Wildman–Crippen LogP) is 2.93. The topological polar surface area (TPSA) is 74.8 Å². The van der Waals surface area contributed by atoms with E-state index in [0.29, 0.717) is 18.7 Å². The molecular formula is C20H27IN4O2. The molecule has 0 aromatic heterocycles. The molecule has 27 heavy (non-hydrogen) atoms. The van der Waals surface area contributed by atoms with Crippen molar-refractivity contribution < 1.29 is 9.53 Å². The fraction of sp³-hybridized carbons (Fsp3) is 0.300. The van der Waals surface area contributed by atoms with Crippen LogP contribution in [-0.2, 0) is 13.1 Å². The van der Waals surface area contributed by atoms with E-state index in [1.165, 1.54) is 0 Å². The van der Waals surface area contributed by atoms with Gasteiger partial charge in [0.15, 0.2) is 5.96 Å². The molecule has 0 saturated carbocycles. The number of rotatable bonds is 7. The number of nitrogens with zero attached hydrogens (tertiary/aromatic N) is 1. The van der Waals surface area contributed by atoms with Gasteiger partial charge >= 0.3 is 0 Å². The van der Waals surface area contributed by atoms with Crippen LogP contribution in [-0.4, -0.2) is 32.6 Å². The van der Waals surface area contributed by atoms with Gasteiger partial charge in [-0.2, -0.15) is 0 Å². The number of halogens is 1. The van der Waals surface area contributed by atoms with Crippen LogP contribution in [0.15, 0.2) is 53.5 Å². The summed E-state index contributed by atoms with van der Waals surface area (Å²) < 4.78 is 5.17. The lowest BCUT2D eigenvalue weighted by Gasteiger charge is -2.12. The fourth-order valence-corrected chi connectivity index (χ4v) is 2.35. The third-order valence-corrected chi connectivity index (χ3v) is 3.83. The second kappa shape index (κ2) is 12.2. The molecule has 0 aliphatic heterocycles. The summed E-state index contributed by atoms with van der Waals surface area (Å²) in [5.41, 5.74) is 2.84. The van der Waals surface area contributed by atoms with E-state index in [9.17, 15) is 4.79 Å². The first-order chi connectivity index (χ1) is 12.7. The molecule has 0 saturated heterocycles. The van der Waals surface area contributed by atoms with Gasteiger partial charge in [-0.1, -0.05) is 24.3 Å². The maximum atomic E-state index is 11.6. The normalized spacial score (nSPS) is 10.6. The highest BCUT2D eigenvalue weighted by molar-refractivity contribution is 14.0. The molecule has 1 amide bonds. The van der Waals surface area contributed by atoms with Crippen LogP contribution in [0.2, 0.25) is 0 Å². The molecule has 0 atom stereocenters. The molecule has 2 aromatic rings. The monoisotopic (exact) mass is 482 g/mol. The van der Waals surface area contributed by atoms with Crippen LogP contribution in [0.5, 0.6) is 5.75 Å². The number of hydrogen-bond donors (Lipinski definition) is 3. The van der Waals surface area contributed by atoms with E-state index < -0.39 is 0 Å². The summed E-state index contributed by atoms with van der Waals surface area (Å²) in [7, 11) is 3.28. The van der Waals surface area contributed by atoms with Gasteiger partial charge in [0, 0.05) is 25.7 Å². The number of amides is 1. The summed E-state index contributed by atoms with van der Waals surface area (Å²) in [5, 5.41) is 9.16. The Morgan fingerprint density at radius 1 is 1.00 bits per heavy atom. The first kappa shape index (κ1) is 22.8. The zero-order chi connectivity index (χ0) is 18.8. The maximum absolute atomic E-state index is 11.6. The second-order valence-electron chi connectivity index (χ2n) is 5.67. The number of methoxy groups -OCH3 is 1. The molecule has 0 heterocycles. The summed E-state index contributed by atoms with van der Waals surface area (Å²) >= 11 is 0. The lowest BCUT2D eigenvalue weighted by atomic mass is 10.1. The molecular weight excluding hydrogens is 455 g/mol. The number of carbonyl (C=O) groups excluding carboxylic acids is 1. The van der Waals surface area contributed by atoms with Crippen LogP contribution in [0.3, 0.4) is 0 Å². The standard InChI is InChI=1S/C20H26N4O2.HI/c1-4-22-20(24-14-16-7-11-18(26-3)12-8-16)23-13-15-5-9-17(10-6-15)19(25)21-2;/h5-12H,4,13-14H2,1-3H3,(H,21,25)(H2,22,23,24);1H. The molecule has 0 fully saturated rings. The Balaban J connectivity index is 0.00000364. The Morgan fingerprint density at radius 2 is 1.63 bits per heavy atom. The highest BCUT2D eigenvalue weighted by Crippen LogP contribution is 2.11. The van der Waals surface area contributed by atoms with Crippen LogP contribution in [0.25, 0.3) is 0 Å². The third kappa shape index (κ3) is 7.46. The van der Waals surface area contributed by atoms with Crippen molar-refractivity contribution in [2.75, 3.05) is 20.7 Å². The zero-order valence-corrected chi connectivity index (χ0v) is 18.2. The van der Waals surface area contributed by atoms with Gasteiger partial charge in [0.1, 0.15) is 5.75 Å². The van der Waals surface area contributed by atoms with Crippen molar-refractivity contribution in [3.63, 3.8) is 0 Å². The fourth-order valence-electron chi connectivity index (χ4n) is 2.35. The van der Waals surface area contributed by atoms with Crippen LogP contribution >= 0.6 is 24.0 Å². The smallest absolute Gasteiger partial charge is 0.251 e. The molecule has 3 N–H and O–H groups in total. The number of nitrogens with one attached hydrogen (secondary N) is 3. The Morgan fingerprint density at radius 3 is 2.19 bits per heavy atom. The Labute approximate surface area is 177 Å². The largest absolute Gasteiger partial charge is 0.497 e. The minimum atomic E-state index is -0.0844. The van der Waals surface area contributed by atoms with Crippen molar-refractivity contribution >= 4 is 35.8 Å². The maximum Gasteiger partial charge on any atom is 0.251 e. The van der Waals surface area contributed by atoms with E-state index in [0.717, 1.165) is 29.4 Å². The van der Waals surface area contributed by atoms with Crippen LogP contribution in [0.1, 0.15) is 28.4 Å². The van der Waals surface area contributed by atoms with E-state index in [4.69, 9.17) is 4.74 Å². The zero-order valence-electron chi connectivity index (χ0n) is 15.9. The van der Waals surface area contributed by atoms with Crippen molar-refractivity contribution in [2.45, 2.75) is 20.0 Å². The molecule has 0 aliphatic rings. The first-order valence-electron chi connectivity index (χ1n) is 8.62. The lowest BCUT2D eigenvalue weighted by molar-refractivity contribution is 0.0963. The van der Waals surface area contributed by atoms with Gasteiger partial charge < -0.3 is 20.7 Å². The van der Waals surface area contributed by atoms with E-state index in [1.54, 1.807) is 14.2 Å². The summed E-state index contributed by atoms with van der Waals surface area (Å²) in [6.07, 6.45) is 0. The van der Waals surface area contributed by atoms with Crippen molar-refractivity contribution in [1.29, 1.82) is 0 Å². The number of aliphatic imine (C=N–C) groups is 1. The van der Waals surface area contributed by atoms with E-state index in [-0.39, 0.29) is 29.9 Å². The van der Waals surface area contributed by atoms with Gasteiger partial charge in [-0.25, -0.2) is 4.99 Å². The van der Waals surface area contributed by atoms with Crippen molar-refractivity contribution in [2.24, 2.45) is 4.99 Å². The quantitative estimate of drug-likeness (QED) is 0.323. The summed E-state index contributed by atoms with van der Waals surface area (Å²) in [4.78, 5) is 16.2. The van der Waals surface area contributed by atoms with Crippen molar-refractivity contribution in [3.8, 4) is 5.75 Å². The average Bonchev–Trinajstić information content (AvgIpc) is 2.70. The van der Waals surface area contributed by atoms with E-state index >= 15 is 0 Å². The van der Waals surface area contributed by atoms with Crippen LogP contribution < -0.4 is 20.7 Å². The first-order valence-corrected chi connectivity index (χ1v) is 8.62. The summed E-state index contributed by atoms with van der Waals surface area (Å²) in [6, 6.07) is 15.4. The van der Waals surface area contributed by atoms with Gasteiger partial charge in [-0.15, -0.1) is 24.0 Å². The van der Waals surface area contributed by atoms with Crippen LogP contribution in [0.4, 0.5) is 0 Å². The molecule has 6 nitrogen and oxygen atoms in total. The number of carbonyl (C=O) groups is 1. The summed E-state index contributed by atoms with van der Waals surface area (Å²) in [5.74, 6) is 1.50. The molecule has 0 unspecified atom stereocenters. The minimum absolute atomic E-state index is 0. The van der Waals surface area contributed by atoms with E-state index in [2.05, 4.69) is 20.9 Å². The average molecular weight is 482 g/mol. The Kier molecular flexibility index (Phi) is 10.2. The van der Waals surface area contributed by atoms with Gasteiger partial charge in [0.05, 0.1) is 13.7 Å². The van der Waals surface area contributed by atoms with Crippen LogP contribution in [0, 0.1) is 0 Å². The molecule has 2 rings (SSSR count). The number of benzene rings is 2. The SMILES string of the molecule is CCNC(=NCc1ccc(OC)cc1)NCc1ccc(C(=O)NC)cc1.I. The third-order valence-electron chi connectivity index (χ3n) is 3.83. The Hall–Kier alpha value is -2.29. The number of hydrogen-bond acceptors (Lipinski definition) is 3. The molecule has 0 bridgehead atoms. The summed E-state index contributed by atoms with van der Waals surface area (Å²) in [6.45, 7) is 4.02. The molecule has 7 heteroatoms. The van der Waals surface area contributed by atoms with Gasteiger partial charge in [-0.3, -0.25) is 4.79 Å². The molecule has 0 radical (unpaired) electrons. The predicted molar refractivity (Wildman–Crippen MR) is 120 cm³/mol. The lowest BCUT2D eigenvalue weighted by Crippen LogP contribution is -2.36. The highest BCUT2D eigenvalue weighted by atomic mass is 127. The van der Waals surface area contributed by atoms with Gasteiger partial charge in [0.25, 0.3) is 5.91 Å². The van der Waals surface area contributed by atoms with E-state index in [1.807, 2.05) is 55.5 Å². The molecule has 0 spiro atoms. The number of guanidine groups is 1. The second-order valence-corrected chi connectivity index (χ2v) is 5.67. The highest BCUT2D eigenvalue weighted by Gasteiger charge is 2.03. The van der Waals surface area contributed by atoms with Crippen molar-refractivity contribution in [3.05, 3.63) is 65.2 Å². The number of ether oxygens (including phenoxy) is 1. The molecule has 0 aliphatic carbocycles. The van der Waals surface area contributed by atoms with Gasteiger partial charge in [-0.05, 0) is 42.3 Å². The molecule has 146 valence electrons. The Bertz CT molecular complexity index is 731. The minimum Gasteiger partial charge on any atom is -0.497 e. The molecule has 2 aromatic carbocycles. The van der Waals surface area contributed by atoms with Crippen molar-refractivity contribution in [1.82, 2.24) is 16.0 Å². The van der Waals surface area contributed by atoms with Gasteiger partial charge in [0.2, 0.25) is 0 Å².